The van der Waals surface area contributed by atoms with E-state index >= 15 is 0 Å². The maximum absolute atomic E-state index is 12.8. The number of halogens is 2. The Balaban J connectivity index is 1.84. The standard InChI is InChI=1S/C18H20Cl2N4O/c1-12-21-16(18(25)24-8-4-2-3-5-9-24)11-17(22-12)23-15-10-13(19)6-7-14(15)20/h6-7,10-11H,2-5,8-9H2,1H3,(H,21,22,23). The van der Waals surface area contributed by atoms with Crippen molar-refractivity contribution in [3.63, 3.8) is 0 Å². The van der Waals surface area contributed by atoms with Gasteiger partial charge in [0, 0.05) is 24.2 Å². The molecule has 0 radical (unpaired) electrons. The first-order valence-electron chi connectivity index (χ1n) is 8.40. The Labute approximate surface area is 157 Å². The number of hydrogen-bond donors (Lipinski definition) is 1. The van der Waals surface area contributed by atoms with Gasteiger partial charge in [-0.15, -0.1) is 0 Å². The number of carbonyl (C=O) groups excluding carboxylic acids is 1. The smallest absolute Gasteiger partial charge is 0.272 e. The number of hydrogen-bond acceptors (Lipinski definition) is 4. The minimum absolute atomic E-state index is 0.0485. The highest BCUT2D eigenvalue weighted by Crippen LogP contribution is 2.28. The summed E-state index contributed by atoms with van der Waals surface area (Å²) < 4.78 is 0. The van der Waals surface area contributed by atoms with Crippen molar-refractivity contribution >= 4 is 40.6 Å². The Morgan fingerprint density at radius 3 is 2.52 bits per heavy atom. The van der Waals surface area contributed by atoms with E-state index in [0.29, 0.717) is 33.1 Å². The molecule has 3 rings (SSSR count). The molecule has 1 aliphatic rings. The summed E-state index contributed by atoms with van der Waals surface area (Å²) in [5.74, 6) is 1.00. The summed E-state index contributed by atoms with van der Waals surface area (Å²) >= 11 is 12.2. The molecule has 1 aromatic heterocycles. The largest absolute Gasteiger partial charge is 0.339 e. The van der Waals surface area contributed by atoms with Crippen LogP contribution in [0.4, 0.5) is 11.5 Å². The average Bonchev–Trinajstić information content (AvgIpc) is 2.86. The third-order valence-corrected chi connectivity index (χ3v) is 4.71. The molecule has 0 bridgehead atoms. The summed E-state index contributed by atoms with van der Waals surface area (Å²) in [5.41, 5.74) is 1.04. The molecule has 1 aliphatic heterocycles. The van der Waals surface area contributed by atoms with Crippen LogP contribution in [0.3, 0.4) is 0 Å². The highest BCUT2D eigenvalue weighted by atomic mass is 35.5. The van der Waals surface area contributed by atoms with Crippen LogP contribution in [0.15, 0.2) is 24.3 Å². The zero-order valence-electron chi connectivity index (χ0n) is 14.1. The molecule has 1 saturated heterocycles. The molecule has 1 N–H and O–H groups in total. The quantitative estimate of drug-likeness (QED) is 0.828. The maximum atomic E-state index is 12.8. The number of likely N-dealkylation sites (tertiary alicyclic amines) is 1. The fourth-order valence-electron chi connectivity index (χ4n) is 2.91. The number of nitrogens with zero attached hydrogens (tertiary/aromatic N) is 3. The van der Waals surface area contributed by atoms with Crippen LogP contribution in [-0.2, 0) is 0 Å². The van der Waals surface area contributed by atoms with Crippen LogP contribution < -0.4 is 5.32 Å². The number of nitrogens with one attached hydrogen (secondary N) is 1. The molecule has 132 valence electrons. The van der Waals surface area contributed by atoms with Crippen LogP contribution in [-0.4, -0.2) is 33.9 Å². The fourth-order valence-corrected chi connectivity index (χ4v) is 3.25. The van der Waals surface area contributed by atoms with E-state index in [-0.39, 0.29) is 5.91 Å². The predicted octanol–water partition coefficient (Wildman–Crippen LogP) is 4.85. The van der Waals surface area contributed by atoms with Crippen molar-refractivity contribution in [1.82, 2.24) is 14.9 Å². The van der Waals surface area contributed by atoms with Crippen molar-refractivity contribution in [3.05, 3.63) is 45.8 Å². The first-order valence-corrected chi connectivity index (χ1v) is 9.15. The minimum Gasteiger partial charge on any atom is -0.339 e. The molecule has 2 aromatic rings. The number of anilines is 2. The summed E-state index contributed by atoms with van der Waals surface area (Å²) in [5, 5.41) is 4.22. The van der Waals surface area contributed by atoms with Gasteiger partial charge in [-0.3, -0.25) is 4.79 Å². The van der Waals surface area contributed by atoms with Crippen LogP contribution in [0, 0.1) is 6.92 Å². The lowest BCUT2D eigenvalue weighted by Gasteiger charge is -2.20. The zero-order chi connectivity index (χ0) is 17.8. The van der Waals surface area contributed by atoms with E-state index in [0.717, 1.165) is 25.9 Å². The van der Waals surface area contributed by atoms with E-state index in [1.54, 1.807) is 31.2 Å². The number of carbonyl (C=O) groups is 1. The molecule has 0 spiro atoms. The summed E-state index contributed by atoms with van der Waals surface area (Å²) in [6, 6.07) is 6.81. The van der Waals surface area contributed by atoms with E-state index in [1.165, 1.54) is 12.8 Å². The monoisotopic (exact) mass is 378 g/mol. The van der Waals surface area contributed by atoms with E-state index in [9.17, 15) is 4.79 Å². The number of benzene rings is 1. The number of rotatable bonds is 3. The topological polar surface area (TPSA) is 58.1 Å². The van der Waals surface area contributed by atoms with Crippen LogP contribution in [0.25, 0.3) is 0 Å². The molecule has 0 aliphatic carbocycles. The van der Waals surface area contributed by atoms with Crippen molar-refractivity contribution in [3.8, 4) is 0 Å². The lowest BCUT2D eigenvalue weighted by molar-refractivity contribution is 0.0755. The number of aromatic nitrogens is 2. The van der Waals surface area contributed by atoms with Gasteiger partial charge in [-0.25, -0.2) is 9.97 Å². The summed E-state index contributed by atoms with van der Waals surface area (Å²) in [6.45, 7) is 3.33. The van der Waals surface area contributed by atoms with Crippen LogP contribution in [0.2, 0.25) is 10.0 Å². The second kappa shape index (κ2) is 8.02. The fraction of sp³-hybridized carbons (Fsp3) is 0.389. The van der Waals surface area contributed by atoms with Gasteiger partial charge in [-0.05, 0) is 38.0 Å². The second-order valence-corrected chi connectivity index (χ2v) is 6.98. The van der Waals surface area contributed by atoms with Gasteiger partial charge < -0.3 is 10.2 Å². The first kappa shape index (κ1) is 18.0. The molecule has 1 amide bonds. The first-order chi connectivity index (χ1) is 12.0. The van der Waals surface area contributed by atoms with Gasteiger partial charge in [0.15, 0.2) is 0 Å². The molecule has 0 saturated carbocycles. The van der Waals surface area contributed by atoms with Crippen molar-refractivity contribution in [2.24, 2.45) is 0 Å². The zero-order valence-corrected chi connectivity index (χ0v) is 15.6. The Morgan fingerprint density at radius 1 is 1.08 bits per heavy atom. The van der Waals surface area contributed by atoms with Gasteiger partial charge >= 0.3 is 0 Å². The molecule has 0 unspecified atom stereocenters. The maximum Gasteiger partial charge on any atom is 0.272 e. The van der Waals surface area contributed by atoms with Gasteiger partial charge in [-0.1, -0.05) is 36.0 Å². The Kier molecular flexibility index (Phi) is 5.76. The Bertz CT molecular complexity index is 774. The van der Waals surface area contributed by atoms with Crippen LogP contribution in [0.5, 0.6) is 0 Å². The van der Waals surface area contributed by atoms with E-state index in [4.69, 9.17) is 23.2 Å². The lowest BCUT2D eigenvalue weighted by atomic mass is 10.2. The molecule has 2 heterocycles. The SMILES string of the molecule is Cc1nc(Nc2cc(Cl)ccc2Cl)cc(C(=O)N2CCCCCC2)n1. The highest BCUT2D eigenvalue weighted by Gasteiger charge is 2.20. The molecular weight excluding hydrogens is 359 g/mol. The van der Waals surface area contributed by atoms with Crippen LogP contribution in [0.1, 0.15) is 42.0 Å². The number of amides is 1. The second-order valence-electron chi connectivity index (χ2n) is 6.14. The molecule has 25 heavy (non-hydrogen) atoms. The van der Waals surface area contributed by atoms with Crippen molar-refractivity contribution < 1.29 is 4.79 Å². The van der Waals surface area contributed by atoms with Gasteiger partial charge in [-0.2, -0.15) is 0 Å². The third-order valence-electron chi connectivity index (χ3n) is 4.14. The molecule has 5 nitrogen and oxygen atoms in total. The summed E-state index contributed by atoms with van der Waals surface area (Å²) in [7, 11) is 0. The number of aryl methyl sites for hydroxylation is 1. The third kappa shape index (κ3) is 4.61. The minimum atomic E-state index is -0.0485. The van der Waals surface area contributed by atoms with E-state index < -0.39 is 0 Å². The van der Waals surface area contributed by atoms with Crippen molar-refractivity contribution in [1.29, 1.82) is 0 Å². The van der Waals surface area contributed by atoms with Gasteiger partial charge in [0.25, 0.3) is 5.91 Å². The normalized spacial score (nSPS) is 14.9. The lowest BCUT2D eigenvalue weighted by Crippen LogP contribution is -2.32. The molecule has 1 fully saturated rings. The molecule has 1 aromatic carbocycles. The Morgan fingerprint density at radius 2 is 1.80 bits per heavy atom. The average molecular weight is 379 g/mol. The van der Waals surface area contributed by atoms with Gasteiger partial charge in [0.1, 0.15) is 17.3 Å². The van der Waals surface area contributed by atoms with Gasteiger partial charge in [0.2, 0.25) is 0 Å². The van der Waals surface area contributed by atoms with Gasteiger partial charge in [0.05, 0.1) is 10.7 Å². The molecular formula is C18H20Cl2N4O. The summed E-state index contributed by atoms with van der Waals surface area (Å²) in [6.07, 6.45) is 4.43. The van der Waals surface area contributed by atoms with Crippen molar-refractivity contribution in [2.75, 3.05) is 18.4 Å². The highest BCUT2D eigenvalue weighted by molar-refractivity contribution is 6.35. The van der Waals surface area contributed by atoms with E-state index in [2.05, 4.69) is 15.3 Å². The molecule has 0 atom stereocenters. The van der Waals surface area contributed by atoms with E-state index in [1.807, 2.05) is 4.90 Å². The predicted molar refractivity (Wildman–Crippen MR) is 101 cm³/mol. The van der Waals surface area contributed by atoms with Crippen molar-refractivity contribution in [2.45, 2.75) is 32.6 Å². The van der Waals surface area contributed by atoms with Crippen LogP contribution >= 0.6 is 23.2 Å². The summed E-state index contributed by atoms with van der Waals surface area (Å²) in [4.78, 5) is 23.3. The molecule has 7 heteroatoms. The Hall–Kier alpha value is -1.85.